The van der Waals surface area contributed by atoms with E-state index in [1.165, 1.54) is 22.4 Å². The first-order valence-electron chi connectivity index (χ1n) is 12.6. The van der Waals surface area contributed by atoms with Crippen molar-refractivity contribution in [3.8, 4) is 33.5 Å². The lowest BCUT2D eigenvalue weighted by Crippen LogP contribution is -2.14. The summed E-state index contributed by atoms with van der Waals surface area (Å²) in [4.78, 5) is 15.8. The first-order chi connectivity index (χ1) is 19.9. The molecule has 0 radical (unpaired) electrons. The topological polar surface area (TPSA) is 69.7 Å². The van der Waals surface area contributed by atoms with Crippen LogP contribution in [0.25, 0.3) is 49.3 Å². The number of thiophene rings is 1. The molecule has 0 aliphatic heterocycles. The van der Waals surface area contributed by atoms with E-state index in [2.05, 4.69) is 4.85 Å². The van der Waals surface area contributed by atoms with Crippen molar-refractivity contribution in [2.45, 2.75) is 4.90 Å². The Kier molecular flexibility index (Phi) is 6.75. The van der Waals surface area contributed by atoms with Crippen LogP contribution in [0.1, 0.15) is 10.4 Å². The van der Waals surface area contributed by atoms with Gasteiger partial charge in [0.25, 0.3) is 10.0 Å². The molecule has 0 aliphatic carbocycles. The Balaban J connectivity index is 1.57. The molecule has 0 bridgehead atoms. The van der Waals surface area contributed by atoms with Crippen LogP contribution in [-0.2, 0) is 14.8 Å². The van der Waals surface area contributed by atoms with Crippen molar-refractivity contribution in [2.24, 2.45) is 0 Å². The van der Waals surface area contributed by atoms with Gasteiger partial charge in [0.15, 0.2) is 0 Å². The molecule has 0 aliphatic rings. The molecule has 2 heterocycles. The summed E-state index contributed by atoms with van der Waals surface area (Å²) >= 11 is 1.33. The van der Waals surface area contributed by atoms with E-state index in [1.807, 2.05) is 66.0 Å². The molecule has 0 atom stereocenters. The Morgan fingerprint density at radius 1 is 0.829 bits per heavy atom. The first-order valence-corrected chi connectivity index (χ1v) is 14.9. The van der Waals surface area contributed by atoms with Gasteiger partial charge in [-0.3, -0.25) is 0 Å². The van der Waals surface area contributed by atoms with E-state index in [0.717, 1.165) is 22.1 Å². The molecule has 0 amide bonds. The van der Waals surface area contributed by atoms with Gasteiger partial charge in [0.1, 0.15) is 0 Å². The third-order valence-electron chi connectivity index (χ3n) is 6.90. The zero-order valence-corrected chi connectivity index (χ0v) is 23.4. The second-order valence-electron chi connectivity index (χ2n) is 9.22. The van der Waals surface area contributed by atoms with Crippen molar-refractivity contribution in [2.75, 3.05) is 7.11 Å². The molecule has 0 saturated heterocycles. The fraction of sp³-hybridized carbons (Fsp3) is 0.0303. The van der Waals surface area contributed by atoms with Crippen molar-refractivity contribution in [1.29, 1.82) is 0 Å². The molecule has 8 heteroatoms. The second kappa shape index (κ2) is 10.5. The zero-order valence-electron chi connectivity index (χ0n) is 21.8. The van der Waals surface area contributed by atoms with Gasteiger partial charge in [-0.1, -0.05) is 78.9 Å². The summed E-state index contributed by atoms with van der Waals surface area (Å²) in [6.45, 7) is 7.72. The smallest absolute Gasteiger partial charge is 0.337 e. The lowest BCUT2D eigenvalue weighted by Gasteiger charge is -2.14. The Morgan fingerprint density at radius 2 is 1.54 bits per heavy atom. The monoisotopic (exact) mass is 574 g/mol. The van der Waals surface area contributed by atoms with Crippen molar-refractivity contribution in [3.05, 3.63) is 132 Å². The number of para-hydroxylation sites is 1. The van der Waals surface area contributed by atoms with Gasteiger partial charge < -0.3 is 4.74 Å². The Morgan fingerprint density at radius 3 is 2.27 bits per heavy atom. The molecule has 0 fully saturated rings. The summed E-state index contributed by atoms with van der Waals surface area (Å²) in [7, 11) is -2.76. The summed E-state index contributed by atoms with van der Waals surface area (Å²) in [5.41, 5.74) is 5.10. The van der Waals surface area contributed by atoms with Crippen LogP contribution >= 0.6 is 11.3 Å². The fourth-order valence-electron chi connectivity index (χ4n) is 5.04. The molecule has 200 valence electrons. The molecule has 41 heavy (non-hydrogen) atoms. The van der Waals surface area contributed by atoms with Gasteiger partial charge in [-0.25, -0.2) is 22.0 Å². The lowest BCUT2D eigenvalue weighted by molar-refractivity contribution is 0.0600. The average molecular weight is 575 g/mol. The minimum atomic E-state index is -4.09. The van der Waals surface area contributed by atoms with E-state index < -0.39 is 16.0 Å². The number of nitrogens with zero attached hydrogens (tertiary/aromatic N) is 2. The maximum atomic E-state index is 14.5. The number of esters is 1. The summed E-state index contributed by atoms with van der Waals surface area (Å²) in [5.74, 6) is -0.443. The molecule has 2 aromatic heterocycles. The van der Waals surface area contributed by atoms with Crippen molar-refractivity contribution < 1.29 is 17.9 Å². The molecule has 4 aromatic carbocycles. The van der Waals surface area contributed by atoms with Gasteiger partial charge in [0, 0.05) is 16.5 Å². The number of benzene rings is 4. The predicted molar refractivity (Wildman–Crippen MR) is 163 cm³/mol. The predicted octanol–water partition coefficient (Wildman–Crippen LogP) is 8.28. The number of ether oxygens (including phenoxy) is 1. The van der Waals surface area contributed by atoms with E-state index >= 15 is 0 Å². The minimum Gasteiger partial charge on any atom is -0.465 e. The van der Waals surface area contributed by atoms with Crippen LogP contribution in [0, 0.1) is 6.57 Å². The molecule has 0 N–H and O–H groups in total. The third kappa shape index (κ3) is 4.51. The van der Waals surface area contributed by atoms with E-state index in [0.29, 0.717) is 32.9 Å². The molecule has 6 aromatic rings. The Labute approximate surface area is 241 Å². The number of aromatic nitrogens is 1. The molecule has 6 nitrogen and oxygen atoms in total. The number of hydrogen-bond donors (Lipinski definition) is 0. The SMILES string of the molecule is [C-]#[N+]c1sccc1-c1c(-c2ccccc2)n(S(=O)(=O)c2ccc(-c3cccc(C(=O)OC)c3)cc2)c2ccccc12. The number of rotatable bonds is 6. The minimum absolute atomic E-state index is 0.116. The van der Waals surface area contributed by atoms with E-state index in [1.54, 1.807) is 48.5 Å². The number of methoxy groups -OCH3 is 1. The first kappa shape index (κ1) is 26.3. The van der Waals surface area contributed by atoms with Gasteiger partial charge in [-0.2, -0.15) is 11.3 Å². The summed E-state index contributed by atoms with van der Waals surface area (Å²) in [6, 6.07) is 32.2. The quantitative estimate of drug-likeness (QED) is 0.148. The van der Waals surface area contributed by atoms with Gasteiger partial charge in [0.2, 0.25) is 5.00 Å². The summed E-state index contributed by atoms with van der Waals surface area (Å²) in [5, 5.41) is 3.10. The van der Waals surface area contributed by atoms with Crippen LogP contribution in [0.15, 0.2) is 119 Å². The third-order valence-corrected chi connectivity index (χ3v) is 9.44. The molecule has 0 spiro atoms. The van der Waals surface area contributed by atoms with Gasteiger partial charge in [-0.15, -0.1) is 0 Å². The summed E-state index contributed by atoms with van der Waals surface area (Å²) in [6.07, 6.45) is 0. The number of carbonyl (C=O) groups excluding carboxylic acids is 1. The number of carbonyl (C=O) groups is 1. The molecule has 0 unspecified atom stereocenters. The highest BCUT2D eigenvalue weighted by molar-refractivity contribution is 7.90. The van der Waals surface area contributed by atoms with Crippen molar-refractivity contribution in [1.82, 2.24) is 3.97 Å². The van der Waals surface area contributed by atoms with Crippen molar-refractivity contribution in [3.63, 3.8) is 0 Å². The number of hydrogen-bond acceptors (Lipinski definition) is 5. The highest BCUT2D eigenvalue weighted by atomic mass is 32.2. The van der Waals surface area contributed by atoms with Gasteiger partial charge in [0.05, 0.1) is 35.4 Å². The van der Waals surface area contributed by atoms with Crippen LogP contribution in [0.5, 0.6) is 0 Å². The maximum Gasteiger partial charge on any atom is 0.337 e. The van der Waals surface area contributed by atoms with E-state index in [9.17, 15) is 13.2 Å². The molecular weight excluding hydrogens is 553 g/mol. The average Bonchev–Trinajstić information content (AvgIpc) is 3.63. The maximum absolute atomic E-state index is 14.5. The lowest BCUT2D eigenvalue weighted by atomic mass is 10.00. The molecular formula is C33H22N2O4S2. The largest absolute Gasteiger partial charge is 0.465 e. The van der Waals surface area contributed by atoms with Crippen LogP contribution in [-0.4, -0.2) is 25.5 Å². The highest BCUT2D eigenvalue weighted by Gasteiger charge is 2.29. The highest BCUT2D eigenvalue weighted by Crippen LogP contribution is 2.47. The Hall–Kier alpha value is -4.97. The van der Waals surface area contributed by atoms with Gasteiger partial charge in [-0.05, 0) is 52.4 Å². The van der Waals surface area contributed by atoms with Crippen LogP contribution in [0.2, 0.25) is 0 Å². The van der Waals surface area contributed by atoms with Crippen LogP contribution in [0.3, 0.4) is 0 Å². The van der Waals surface area contributed by atoms with E-state index in [4.69, 9.17) is 11.3 Å². The fourth-order valence-corrected chi connectivity index (χ4v) is 7.27. The van der Waals surface area contributed by atoms with Crippen LogP contribution in [0.4, 0.5) is 5.00 Å². The van der Waals surface area contributed by atoms with Crippen molar-refractivity contribution >= 4 is 43.2 Å². The van der Waals surface area contributed by atoms with Gasteiger partial charge >= 0.3 is 5.97 Å². The second-order valence-corrected chi connectivity index (χ2v) is 11.9. The molecule has 0 saturated carbocycles. The summed E-state index contributed by atoms with van der Waals surface area (Å²) < 4.78 is 35.1. The number of fused-ring (bicyclic) bond motifs is 1. The van der Waals surface area contributed by atoms with Crippen LogP contribution < -0.4 is 0 Å². The standard InChI is InChI=1S/C33H22N2O4S2/c1-34-32-28(19-20-40-32)30-27-13-6-7-14-29(27)35(31(30)23-9-4-3-5-10-23)41(37,38)26-17-15-22(16-18-26)24-11-8-12-25(21-24)33(36)39-2/h3-21H,2H3. The normalized spacial score (nSPS) is 11.3. The Bertz CT molecular complexity index is 2070. The zero-order chi connectivity index (χ0) is 28.6. The van der Waals surface area contributed by atoms with E-state index in [-0.39, 0.29) is 4.90 Å². The molecule has 6 rings (SSSR count).